The molecule has 1 rings (SSSR count). The largest absolute Gasteiger partial charge is 0.466 e. The number of esters is 2. The Balaban J connectivity index is 2.49. The molecule has 4 nitrogen and oxygen atoms in total. The van der Waals surface area contributed by atoms with Crippen molar-refractivity contribution in [3.8, 4) is 0 Å². The number of unbranched alkanes of at least 4 members (excludes halogenated alkanes) is 4. The highest BCUT2D eigenvalue weighted by atomic mass is 16.5. The van der Waals surface area contributed by atoms with Crippen molar-refractivity contribution in [1.29, 1.82) is 0 Å². The van der Waals surface area contributed by atoms with Gasteiger partial charge in [-0.25, -0.2) is 0 Å². The van der Waals surface area contributed by atoms with E-state index in [2.05, 4.69) is 37.3 Å². The SMILES string of the molecule is CCC=Cc1cc(CCCCCC(=O)OCC)cc(CCCCCC(=O)OCC)c1. The fourth-order valence-electron chi connectivity index (χ4n) is 3.45. The van der Waals surface area contributed by atoms with Gasteiger partial charge >= 0.3 is 11.9 Å². The van der Waals surface area contributed by atoms with Gasteiger partial charge in [0, 0.05) is 12.8 Å². The van der Waals surface area contributed by atoms with Crippen LogP contribution < -0.4 is 0 Å². The van der Waals surface area contributed by atoms with Gasteiger partial charge in [-0.05, 0) is 75.5 Å². The predicted molar refractivity (Wildman–Crippen MR) is 123 cm³/mol. The van der Waals surface area contributed by atoms with E-state index in [1.165, 1.54) is 16.7 Å². The molecule has 0 aliphatic heterocycles. The Morgan fingerprint density at radius 1 is 0.733 bits per heavy atom. The van der Waals surface area contributed by atoms with Crippen LogP contribution in [-0.2, 0) is 31.9 Å². The standard InChI is InChI=1S/C26H40O4/c1-4-7-14-22-19-23(15-10-8-12-17-25(27)29-5-2)21-24(20-22)16-11-9-13-18-26(28)30-6-3/h7,14,19-21H,4-6,8-13,15-18H2,1-3H3. The van der Waals surface area contributed by atoms with Gasteiger partial charge in [0.2, 0.25) is 0 Å². The summed E-state index contributed by atoms with van der Waals surface area (Å²) in [5, 5.41) is 0. The second-order valence-electron chi connectivity index (χ2n) is 7.62. The maximum absolute atomic E-state index is 11.4. The van der Waals surface area contributed by atoms with E-state index in [0.29, 0.717) is 26.1 Å². The van der Waals surface area contributed by atoms with Crippen molar-refractivity contribution in [2.75, 3.05) is 13.2 Å². The third-order valence-electron chi connectivity index (χ3n) is 4.92. The summed E-state index contributed by atoms with van der Waals surface area (Å²) in [7, 11) is 0. The lowest BCUT2D eigenvalue weighted by molar-refractivity contribution is -0.144. The van der Waals surface area contributed by atoms with Crippen LogP contribution in [0.3, 0.4) is 0 Å². The summed E-state index contributed by atoms with van der Waals surface area (Å²) in [6.45, 7) is 6.76. The van der Waals surface area contributed by atoms with E-state index in [4.69, 9.17) is 9.47 Å². The number of ether oxygens (including phenoxy) is 2. The van der Waals surface area contributed by atoms with Crippen LogP contribution in [0.4, 0.5) is 0 Å². The normalized spacial score (nSPS) is 11.0. The summed E-state index contributed by atoms with van der Waals surface area (Å²) in [5.41, 5.74) is 4.00. The minimum Gasteiger partial charge on any atom is -0.466 e. The van der Waals surface area contributed by atoms with Gasteiger partial charge in [-0.3, -0.25) is 9.59 Å². The van der Waals surface area contributed by atoms with Crippen molar-refractivity contribution in [3.63, 3.8) is 0 Å². The fraction of sp³-hybridized carbons (Fsp3) is 0.615. The molecule has 1 aromatic carbocycles. The number of benzene rings is 1. The maximum atomic E-state index is 11.4. The third kappa shape index (κ3) is 12.5. The van der Waals surface area contributed by atoms with Crippen LogP contribution >= 0.6 is 0 Å². The van der Waals surface area contributed by atoms with Crippen LogP contribution in [-0.4, -0.2) is 25.2 Å². The Labute approximate surface area is 183 Å². The van der Waals surface area contributed by atoms with Crippen LogP contribution in [0.15, 0.2) is 24.3 Å². The smallest absolute Gasteiger partial charge is 0.305 e. The minimum absolute atomic E-state index is 0.0885. The molecular formula is C26H40O4. The highest BCUT2D eigenvalue weighted by Crippen LogP contribution is 2.18. The molecule has 0 bridgehead atoms. The highest BCUT2D eigenvalue weighted by Gasteiger charge is 2.05. The van der Waals surface area contributed by atoms with Crippen LogP contribution in [0, 0.1) is 0 Å². The summed E-state index contributed by atoms with van der Waals surface area (Å²) >= 11 is 0. The molecule has 0 radical (unpaired) electrons. The lowest BCUT2D eigenvalue weighted by Gasteiger charge is -2.09. The van der Waals surface area contributed by atoms with Crippen molar-refractivity contribution < 1.29 is 19.1 Å². The Kier molecular flexibility index (Phi) is 14.4. The summed E-state index contributed by atoms with van der Waals surface area (Å²) in [4.78, 5) is 22.9. The van der Waals surface area contributed by atoms with Gasteiger partial charge in [-0.2, -0.15) is 0 Å². The van der Waals surface area contributed by atoms with E-state index in [0.717, 1.165) is 57.8 Å². The van der Waals surface area contributed by atoms with Gasteiger partial charge in [0.25, 0.3) is 0 Å². The molecule has 0 fully saturated rings. The topological polar surface area (TPSA) is 52.6 Å². The number of carbonyl (C=O) groups is 2. The van der Waals surface area contributed by atoms with Crippen molar-refractivity contribution >= 4 is 18.0 Å². The number of rotatable bonds is 16. The van der Waals surface area contributed by atoms with Crippen molar-refractivity contribution in [2.45, 2.75) is 91.4 Å². The van der Waals surface area contributed by atoms with Gasteiger partial charge < -0.3 is 9.47 Å². The molecule has 0 aliphatic rings. The van der Waals surface area contributed by atoms with Gasteiger partial charge in [-0.15, -0.1) is 0 Å². The second kappa shape index (κ2) is 16.7. The molecule has 0 atom stereocenters. The lowest BCUT2D eigenvalue weighted by Crippen LogP contribution is -2.03. The fourth-order valence-corrected chi connectivity index (χ4v) is 3.45. The summed E-state index contributed by atoms with van der Waals surface area (Å²) in [6.07, 6.45) is 14.6. The quantitative estimate of drug-likeness (QED) is 0.230. The molecule has 0 spiro atoms. The minimum atomic E-state index is -0.0885. The summed E-state index contributed by atoms with van der Waals surface area (Å²) in [5.74, 6) is -0.177. The zero-order valence-corrected chi connectivity index (χ0v) is 19.2. The van der Waals surface area contributed by atoms with Crippen molar-refractivity contribution in [1.82, 2.24) is 0 Å². The Bertz CT molecular complexity index is 602. The molecule has 30 heavy (non-hydrogen) atoms. The first-order chi connectivity index (χ1) is 14.6. The van der Waals surface area contributed by atoms with Crippen LogP contribution in [0.2, 0.25) is 0 Å². The number of hydrogen-bond acceptors (Lipinski definition) is 4. The van der Waals surface area contributed by atoms with Crippen molar-refractivity contribution in [2.24, 2.45) is 0 Å². The number of hydrogen-bond donors (Lipinski definition) is 0. The maximum Gasteiger partial charge on any atom is 0.305 e. The molecule has 1 aromatic rings. The van der Waals surface area contributed by atoms with E-state index < -0.39 is 0 Å². The van der Waals surface area contributed by atoms with E-state index >= 15 is 0 Å². The molecule has 0 saturated carbocycles. The second-order valence-corrected chi connectivity index (χ2v) is 7.62. The average Bonchev–Trinajstić information content (AvgIpc) is 2.72. The van der Waals surface area contributed by atoms with Gasteiger partial charge in [-0.1, -0.05) is 50.1 Å². The summed E-state index contributed by atoms with van der Waals surface area (Å²) in [6, 6.07) is 6.88. The lowest BCUT2D eigenvalue weighted by atomic mass is 9.97. The zero-order valence-electron chi connectivity index (χ0n) is 19.2. The van der Waals surface area contributed by atoms with Gasteiger partial charge in [0.1, 0.15) is 0 Å². The molecular weight excluding hydrogens is 376 g/mol. The predicted octanol–water partition coefficient (Wildman–Crippen LogP) is 6.44. The van der Waals surface area contributed by atoms with Crippen LogP contribution in [0.1, 0.15) is 95.2 Å². The molecule has 4 heteroatoms. The average molecular weight is 417 g/mol. The van der Waals surface area contributed by atoms with E-state index in [1.807, 2.05) is 13.8 Å². The Morgan fingerprint density at radius 2 is 1.23 bits per heavy atom. The van der Waals surface area contributed by atoms with Crippen LogP contribution in [0.25, 0.3) is 6.08 Å². The number of carbonyl (C=O) groups excluding carboxylic acids is 2. The highest BCUT2D eigenvalue weighted by molar-refractivity contribution is 5.69. The van der Waals surface area contributed by atoms with Crippen LogP contribution in [0.5, 0.6) is 0 Å². The van der Waals surface area contributed by atoms with E-state index in [-0.39, 0.29) is 11.9 Å². The first kappa shape index (κ1) is 25.9. The number of allylic oxidation sites excluding steroid dienone is 1. The molecule has 0 N–H and O–H groups in total. The zero-order chi connectivity index (χ0) is 22.0. The Morgan fingerprint density at radius 3 is 1.67 bits per heavy atom. The molecule has 0 unspecified atom stereocenters. The summed E-state index contributed by atoms with van der Waals surface area (Å²) < 4.78 is 9.97. The van der Waals surface area contributed by atoms with Gasteiger partial charge in [0.15, 0.2) is 0 Å². The van der Waals surface area contributed by atoms with E-state index in [1.54, 1.807) is 0 Å². The first-order valence-corrected chi connectivity index (χ1v) is 11.7. The molecule has 0 aliphatic carbocycles. The number of aryl methyl sites for hydroxylation is 2. The molecule has 0 saturated heterocycles. The third-order valence-corrected chi connectivity index (χ3v) is 4.92. The molecule has 168 valence electrons. The van der Waals surface area contributed by atoms with E-state index in [9.17, 15) is 9.59 Å². The Hall–Kier alpha value is -2.10. The monoisotopic (exact) mass is 416 g/mol. The van der Waals surface area contributed by atoms with Gasteiger partial charge in [0.05, 0.1) is 13.2 Å². The first-order valence-electron chi connectivity index (χ1n) is 11.7. The molecule has 0 heterocycles. The van der Waals surface area contributed by atoms with Crippen molar-refractivity contribution in [3.05, 3.63) is 41.0 Å². The molecule has 0 amide bonds. The molecule has 0 aromatic heterocycles.